The average Bonchev–Trinajstić information content (AvgIpc) is 2.28. The molecule has 3 N–H and O–H groups in total. The van der Waals surface area contributed by atoms with Crippen molar-refractivity contribution in [1.29, 1.82) is 0 Å². The SMILES string of the molecule is CC(C)[C@H](NC(=O)c1cc(I)ccc1O)C(=O)O. The molecule has 0 fully saturated rings. The Bertz CT molecular complexity index is 473. The van der Waals surface area contributed by atoms with Crippen LogP contribution >= 0.6 is 22.6 Å². The molecular formula is C12H14INO4. The number of carboxylic acids is 1. The predicted octanol–water partition coefficient (Wildman–Crippen LogP) is 1.84. The van der Waals surface area contributed by atoms with E-state index in [9.17, 15) is 14.7 Å². The molecule has 1 aromatic rings. The van der Waals surface area contributed by atoms with E-state index in [0.717, 1.165) is 3.57 Å². The maximum Gasteiger partial charge on any atom is 0.326 e. The Kier molecular flexibility index (Phi) is 4.94. The van der Waals surface area contributed by atoms with Gasteiger partial charge in [-0.05, 0) is 46.7 Å². The van der Waals surface area contributed by atoms with Gasteiger partial charge >= 0.3 is 5.97 Å². The van der Waals surface area contributed by atoms with Crippen molar-refractivity contribution < 1.29 is 19.8 Å². The first-order chi connectivity index (χ1) is 8.32. The highest BCUT2D eigenvalue weighted by molar-refractivity contribution is 14.1. The molecule has 0 spiro atoms. The van der Waals surface area contributed by atoms with Gasteiger partial charge in [0, 0.05) is 3.57 Å². The smallest absolute Gasteiger partial charge is 0.326 e. The number of amides is 1. The quantitative estimate of drug-likeness (QED) is 0.713. The molecule has 1 amide bonds. The summed E-state index contributed by atoms with van der Waals surface area (Å²) < 4.78 is 0.784. The lowest BCUT2D eigenvalue weighted by Gasteiger charge is -2.18. The lowest BCUT2D eigenvalue weighted by molar-refractivity contribution is -0.140. The highest BCUT2D eigenvalue weighted by Crippen LogP contribution is 2.20. The van der Waals surface area contributed by atoms with E-state index in [0.29, 0.717) is 0 Å². The van der Waals surface area contributed by atoms with Gasteiger partial charge in [-0.25, -0.2) is 4.79 Å². The number of hydrogen-bond acceptors (Lipinski definition) is 3. The molecule has 0 aliphatic rings. The molecule has 1 rings (SSSR count). The molecule has 0 saturated heterocycles. The normalized spacial score (nSPS) is 12.2. The van der Waals surface area contributed by atoms with E-state index in [2.05, 4.69) is 5.32 Å². The topological polar surface area (TPSA) is 86.6 Å². The standard InChI is InChI=1S/C12H14INO4/c1-6(2)10(12(17)18)14-11(16)8-5-7(13)3-4-9(8)15/h3-6,10,15H,1-2H3,(H,14,16)(H,17,18)/t10-/m0/s1. The molecule has 18 heavy (non-hydrogen) atoms. The number of carbonyl (C=O) groups is 2. The lowest BCUT2D eigenvalue weighted by Crippen LogP contribution is -2.44. The van der Waals surface area contributed by atoms with Crippen molar-refractivity contribution in [3.05, 3.63) is 27.3 Å². The average molecular weight is 363 g/mol. The van der Waals surface area contributed by atoms with Gasteiger partial charge in [0.2, 0.25) is 0 Å². The highest BCUT2D eigenvalue weighted by atomic mass is 127. The Morgan fingerprint density at radius 3 is 2.44 bits per heavy atom. The fraction of sp³-hybridized carbons (Fsp3) is 0.333. The van der Waals surface area contributed by atoms with E-state index in [4.69, 9.17) is 5.11 Å². The molecule has 0 aliphatic heterocycles. The van der Waals surface area contributed by atoms with Crippen molar-refractivity contribution in [3.8, 4) is 5.75 Å². The zero-order chi connectivity index (χ0) is 13.9. The van der Waals surface area contributed by atoms with Gasteiger partial charge in [-0.2, -0.15) is 0 Å². The first-order valence-corrected chi connectivity index (χ1v) is 6.43. The van der Waals surface area contributed by atoms with Crippen molar-refractivity contribution in [2.45, 2.75) is 19.9 Å². The van der Waals surface area contributed by atoms with Crippen LogP contribution in [0, 0.1) is 9.49 Å². The van der Waals surface area contributed by atoms with Crippen molar-refractivity contribution in [2.75, 3.05) is 0 Å². The van der Waals surface area contributed by atoms with Gasteiger partial charge in [0.1, 0.15) is 11.8 Å². The van der Waals surface area contributed by atoms with Gasteiger partial charge in [-0.1, -0.05) is 13.8 Å². The molecule has 0 radical (unpaired) electrons. The Balaban J connectivity index is 2.94. The van der Waals surface area contributed by atoms with Crippen LogP contribution in [0.15, 0.2) is 18.2 Å². The number of aliphatic carboxylic acids is 1. The number of rotatable bonds is 4. The summed E-state index contributed by atoms with van der Waals surface area (Å²) in [6.45, 7) is 3.40. The van der Waals surface area contributed by atoms with Crippen LogP contribution in [0.4, 0.5) is 0 Å². The van der Waals surface area contributed by atoms with E-state index in [1.807, 2.05) is 22.6 Å². The maximum atomic E-state index is 11.9. The summed E-state index contributed by atoms with van der Waals surface area (Å²) in [4.78, 5) is 22.9. The number of phenolic OH excluding ortho intramolecular Hbond substituents is 1. The lowest BCUT2D eigenvalue weighted by atomic mass is 10.0. The minimum Gasteiger partial charge on any atom is -0.507 e. The third-order valence-electron chi connectivity index (χ3n) is 2.42. The van der Waals surface area contributed by atoms with Crippen molar-refractivity contribution in [3.63, 3.8) is 0 Å². The molecule has 1 aromatic carbocycles. The number of carboxylic acid groups (broad SMARTS) is 1. The van der Waals surface area contributed by atoms with Crippen LogP contribution < -0.4 is 5.32 Å². The minimum atomic E-state index is -1.09. The van der Waals surface area contributed by atoms with Crippen LogP contribution in [0.25, 0.3) is 0 Å². The Morgan fingerprint density at radius 1 is 1.33 bits per heavy atom. The summed E-state index contributed by atoms with van der Waals surface area (Å²) in [5, 5.41) is 21.0. The van der Waals surface area contributed by atoms with E-state index < -0.39 is 17.9 Å². The van der Waals surface area contributed by atoms with Gasteiger partial charge in [-0.15, -0.1) is 0 Å². The molecule has 0 saturated carbocycles. The maximum absolute atomic E-state index is 11.9. The second kappa shape index (κ2) is 6.03. The molecule has 0 heterocycles. The van der Waals surface area contributed by atoms with Crippen LogP contribution in [0.1, 0.15) is 24.2 Å². The van der Waals surface area contributed by atoms with Gasteiger partial charge in [0.25, 0.3) is 5.91 Å². The third kappa shape index (κ3) is 3.59. The van der Waals surface area contributed by atoms with Crippen molar-refractivity contribution in [1.82, 2.24) is 5.32 Å². The zero-order valence-corrected chi connectivity index (χ0v) is 12.1. The van der Waals surface area contributed by atoms with E-state index >= 15 is 0 Å². The summed E-state index contributed by atoms with van der Waals surface area (Å²) in [5.41, 5.74) is 0.0776. The number of halogens is 1. The number of aromatic hydroxyl groups is 1. The fourth-order valence-corrected chi connectivity index (χ4v) is 1.91. The molecule has 0 aliphatic carbocycles. The highest BCUT2D eigenvalue weighted by Gasteiger charge is 2.25. The van der Waals surface area contributed by atoms with Gasteiger partial charge in [0.05, 0.1) is 5.56 Å². The number of benzene rings is 1. The summed E-state index contributed by atoms with van der Waals surface area (Å²) in [6, 6.07) is 3.59. The van der Waals surface area contributed by atoms with Crippen molar-refractivity contribution in [2.24, 2.45) is 5.92 Å². The molecule has 98 valence electrons. The van der Waals surface area contributed by atoms with E-state index in [-0.39, 0.29) is 17.2 Å². The number of phenols is 1. The van der Waals surface area contributed by atoms with Crippen LogP contribution in [0.2, 0.25) is 0 Å². The zero-order valence-electron chi connectivity index (χ0n) is 9.98. The van der Waals surface area contributed by atoms with Crippen LogP contribution in [0.5, 0.6) is 5.75 Å². The summed E-state index contributed by atoms with van der Waals surface area (Å²) in [6.07, 6.45) is 0. The van der Waals surface area contributed by atoms with Crippen LogP contribution in [0.3, 0.4) is 0 Å². The third-order valence-corrected chi connectivity index (χ3v) is 3.09. The molecule has 0 bridgehead atoms. The summed E-state index contributed by atoms with van der Waals surface area (Å²) >= 11 is 2.01. The molecule has 0 unspecified atom stereocenters. The largest absolute Gasteiger partial charge is 0.507 e. The van der Waals surface area contributed by atoms with Crippen LogP contribution in [-0.4, -0.2) is 28.1 Å². The Labute approximate surface area is 118 Å². The second-order valence-corrected chi connectivity index (χ2v) is 5.44. The molecule has 0 aromatic heterocycles. The first kappa shape index (κ1) is 14.7. The minimum absolute atomic E-state index is 0.0776. The summed E-state index contributed by atoms with van der Waals surface area (Å²) in [7, 11) is 0. The van der Waals surface area contributed by atoms with Crippen molar-refractivity contribution >= 4 is 34.5 Å². The predicted molar refractivity (Wildman–Crippen MR) is 74.6 cm³/mol. The first-order valence-electron chi connectivity index (χ1n) is 5.35. The van der Waals surface area contributed by atoms with Gasteiger partial charge in [0.15, 0.2) is 0 Å². The fourth-order valence-electron chi connectivity index (χ4n) is 1.42. The number of nitrogens with one attached hydrogen (secondary N) is 1. The molecule has 5 nitrogen and oxygen atoms in total. The van der Waals surface area contributed by atoms with Gasteiger partial charge < -0.3 is 15.5 Å². The monoisotopic (exact) mass is 363 g/mol. The molecule has 6 heteroatoms. The summed E-state index contributed by atoms with van der Waals surface area (Å²) in [5.74, 6) is -2.09. The Morgan fingerprint density at radius 2 is 1.94 bits per heavy atom. The Hall–Kier alpha value is -1.31. The number of hydrogen-bond donors (Lipinski definition) is 3. The molecule has 1 atom stereocenters. The van der Waals surface area contributed by atoms with E-state index in [1.54, 1.807) is 19.9 Å². The van der Waals surface area contributed by atoms with E-state index in [1.165, 1.54) is 12.1 Å². The van der Waals surface area contributed by atoms with Crippen LogP contribution in [-0.2, 0) is 4.79 Å². The molecular weight excluding hydrogens is 349 g/mol. The van der Waals surface area contributed by atoms with Gasteiger partial charge in [-0.3, -0.25) is 4.79 Å². The number of carbonyl (C=O) groups excluding carboxylic acids is 1. The second-order valence-electron chi connectivity index (χ2n) is 4.19.